The molecule has 0 amide bonds. The number of para-hydroxylation sites is 1. The molecule has 5 nitrogen and oxygen atoms in total. The van der Waals surface area contributed by atoms with Crippen LogP contribution in [0.4, 0.5) is 5.69 Å². The van der Waals surface area contributed by atoms with Crippen molar-refractivity contribution in [2.24, 2.45) is 5.41 Å². The second kappa shape index (κ2) is 5.94. The smallest absolute Gasteiger partial charge is 0.216 e. The van der Waals surface area contributed by atoms with Crippen molar-refractivity contribution in [1.82, 2.24) is 4.72 Å². The molecule has 21 heavy (non-hydrogen) atoms. The Labute approximate surface area is 126 Å². The number of hydrogen-bond acceptors (Lipinski definition) is 4. The Morgan fingerprint density at radius 2 is 2.05 bits per heavy atom. The van der Waals surface area contributed by atoms with Crippen LogP contribution in [0.2, 0.25) is 0 Å². The van der Waals surface area contributed by atoms with Crippen molar-refractivity contribution in [2.75, 3.05) is 12.3 Å². The van der Waals surface area contributed by atoms with E-state index in [4.69, 9.17) is 10.5 Å². The van der Waals surface area contributed by atoms with E-state index in [0.29, 0.717) is 24.3 Å². The number of hydrogen-bond donors (Lipinski definition) is 2. The summed E-state index contributed by atoms with van der Waals surface area (Å²) in [6.45, 7) is 6.65. The number of nitrogens with two attached hydrogens (primary N) is 1. The Morgan fingerprint density at radius 1 is 1.38 bits per heavy atom. The van der Waals surface area contributed by atoms with E-state index < -0.39 is 10.0 Å². The van der Waals surface area contributed by atoms with Crippen LogP contribution in [-0.2, 0) is 20.5 Å². The zero-order valence-electron chi connectivity index (χ0n) is 12.8. The molecule has 0 radical (unpaired) electrons. The molecular weight excluding hydrogens is 288 g/mol. The largest absolute Gasteiger partial charge is 0.398 e. The van der Waals surface area contributed by atoms with Crippen LogP contribution in [0.25, 0.3) is 0 Å². The number of nitrogen functional groups attached to an aromatic ring is 1. The third-order valence-corrected chi connectivity index (χ3v) is 5.60. The van der Waals surface area contributed by atoms with E-state index >= 15 is 0 Å². The van der Waals surface area contributed by atoms with Crippen molar-refractivity contribution in [3.05, 3.63) is 29.8 Å². The van der Waals surface area contributed by atoms with Gasteiger partial charge in [-0.2, -0.15) is 0 Å². The summed E-state index contributed by atoms with van der Waals surface area (Å²) in [5.41, 5.74) is 6.75. The second-order valence-corrected chi connectivity index (χ2v) is 7.88. The average Bonchev–Trinajstić information content (AvgIpc) is 2.40. The van der Waals surface area contributed by atoms with E-state index in [-0.39, 0.29) is 23.3 Å². The quantitative estimate of drug-likeness (QED) is 0.786. The van der Waals surface area contributed by atoms with Gasteiger partial charge in [-0.3, -0.25) is 0 Å². The van der Waals surface area contributed by atoms with Crippen LogP contribution in [0.5, 0.6) is 0 Å². The van der Waals surface area contributed by atoms with E-state index in [2.05, 4.69) is 4.72 Å². The van der Waals surface area contributed by atoms with Crippen molar-refractivity contribution >= 4 is 15.7 Å². The fourth-order valence-electron chi connectivity index (χ4n) is 2.70. The lowest BCUT2D eigenvalue weighted by Gasteiger charge is -2.51. The first kappa shape index (κ1) is 16.3. The molecule has 1 aliphatic carbocycles. The van der Waals surface area contributed by atoms with Gasteiger partial charge in [-0.1, -0.05) is 32.0 Å². The van der Waals surface area contributed by atoms with Crippen LogP contribution in [0.15, 0.2) is 24.3 Å². The number of benzene rings is 1. The van der Waals surface area contributed by atoms with Gasteiger partial charge in [0.1, 0.15) is 0 Å². The normalized spacial score (nSPS) is 24.5. The van der Waals surface area contributed by atoms with E-state index in [9.17, 15) is 8.42 Å². The minimum atomic E-state index is -3.41. The van der Waals surface area contributed by atoms with Gasteiger partial charge in [0.2, 0.25) is 10.0 Å². The summed E-state index contributed by atoms with van der Waals surface area (Å²) < 4.78 is 33.0. The number of anilines is 1. The Hall–Kier alpha value is -1.11. The predicted octanol–water partition coefficient (Wildman–Crippen LogP) is 1.89. The second-order valence-electron chi connectivity index (χ2n) is 6.13. The topological polar surface area (TPSA) is 81.4 Å². The van der Waals surface area contributed by atoms with Gasteiger partial charge in [-0.05, 0) is 25.0 Å². The number of sulfonamides is 1. The molecule has 0 aliphatic heterocycles. The highest BCUT2D eigenvalue weighted by Crippen LogP contribution is 2.43. The highest BCUT2D eigenvalue weighted by molar-refractivity contribution is 7.88. The Kier molecular flexibility index (Phi) is 4.60. The molecular formula is C15H24N2O3S. The Morgan fingerprint density at radius 3 is 2.62 bits per heavy atom. The minimum Gasteiger partial charge on any atom is -0.398 e. The van der Waals surface area contributed by atoms with Crippen LogP contribution >= 0.6 is 0 Å². The lowest BCUT2D eigenvalue weighted by molar-refractivity contribution is -0.108. The maximum Gasteiger partial charge on any atom is 0.216 e. The molecule has 0 spiro atoms. The highest BCUT2D eigenvalue weighted by Gasteiger charge is 2.50. The van der Waals surface area contributed by atoms with Crippen LogP contribution in [0.1, 0.15) is 32.8 Å². The summed E-state index contributed by atoms with van der Waals surface area (Å²) in [4.78, 5) is 0. The third-order valence-electron chi connectivity index (χ3n) is 4.27. The molecule has 1 aromatic carbocycles. The standard InChI is InChI=1S/C15H24N2O3S/c1-4-20-14-9-13(15(14,2)3)17-21(18,19)10-11-7-5-6-8-12(11)16/h5-8,13-14,17H,4,9-10,16H2,1-3H3. The first-order chi connectivity index (χ1) is 9.76. The summed E-state index contributed by atoms with van der Waals surface area (Å²) >= 11 is 0. The number of nitrogens with one attached hydrogen (secondary N) is 1. The molecule has 0 aromatic heterocycles. The molecule has 0 heterocycles. The highest BCUT2D eigenvalue weighted by atomic mass is 32.2. The molecule has 2 rings (SSSR count). The average molecular weight is 312 g/mol. The maximum atomic E-state index is 12.3. The lowest BCUT2D eigenvalue weighted by atomic mass is 9.65. The maximum absolute atomic E-state index is 12.3. The monoisotopic (exact) mass is 312 g/mol. The molecule has 0 bridgehead atoms. The summed E-state index contributed by atoms with van der Waals surface area (Å²) in [6, 6.07) is 6.94. The summed E-state index contributed by atoms with van der Waals surface area (Å²) in [5, 5.41) is 0. The van der Waals surface area contributed by atoms with Crippen molar-refractivity contribution < 1.29 is 13.2 Å². The Bertz CT molecular complexity index is 599. The van der Waals surface area contributed by atoms with Crippen LogP contribution < -0.4 is 10.5 Å². The van der Waals surface area contributed by atoms with Gasteiger partial charge < -0.3 is 10.5 Å². The van der Waals surface area contributed by atoms with Crippen molar-refractivity contribution in [3.8, 4) is 0 Å². The van der Waals surface area contributed by atoms with Crippen molar-refractivity contribution in [3.63, 3.8) is 0 Å². The molecule has 0 saturated heterocycles. The van der Waals surface area contributed by atoms with Gasteiger partial charge >= 0.3 is 0 Å². The fraction of sp³-hybridized carbons (Fsp3) is 0.600. The van der Waals surface area contributed by atoms with Gasteiger partial charge in [-0.15, -0.1) is 0 Å². The lowest BCUT2D eigenvalue weighted by Crippen LogP contribution is -2.62. The van der Waals surface area contributed by atoms with Gasteiger partial charge in [0.25, 0.3) is 0 Å². The van der Waals surface area contributed by atoms with Crippen LogP contribution in [-0.4, -0.2) is 27.2 Å². The zero-order valence-corrected chi connectivity index (χ0v) is 13.6. The van der Waals surface area contributed by atoms with E-state index in [1.54, 1.807) is 24.3 Å². The fourth-order valence-corrected chi connectivity index (χ4v) is 4.29. The predicted molar refractivity (Wildman–Crippen MR) is 84.2 cm³/mol. The van der Waals surface area contributed by atoms with E-state index in [1.807, 2.05) is 20.8 Å². The summed E-state index contributed by atoms with van der Waals surface area (Å²) in [5.74, 6) is -0.0917. The summed E-state index contributed by atoms with van der Waals surface area (Å²) in [6.07, 6.45) is 0.821. The van der Waals surface area contributed by atoms with Crippen LogP contribution in [0, 0.1) is 5.41 Å². The molecule has 118 valence electrons. The Balaban J connectivity index is 2.01. The third kappa shape index (κ3) is 3.56. The summed E-state index contributed by atoms with van der Waals surface area (Å²) in [7, 11) is -3.41. The van der Waals surface area contributed by atoms with Crippen molar-refractivity contribution in [2.45, 2.75) is 45.1 Å². The first-order valence-electron chi connectivity index (χ1n) is 7.21. The SMILES string of the molecule is CCOC1CC(NS(=O)(=O)Cc2ccccc2N)C1(C)C. The number of rotatable bonds is 6. The molecule has 2 unspecified atom stereocenters. The van der Waals surface area contributed by atoms with Crippen molar-refractivity contribution in [1.29, 1.82) is 0 Å². The minimum absolute atomic E-state index is 0.0917. The van der Waals surface area contributed by atoms with Gasteiger partial charge in [0.15, 0.2) is 0 Å². The molecule has 6 heteroatoms. The molecule has 1 aromatic rings. The molecule has 3 N–H and O–H groups in total. The molecule has 2 atom stereocenters. The van der Waals surface area contributed by atoms with Crippen LogP contribution in [0.3, 0.4) is 0 Å². The van der Waals surface area contributed by atoms with E-state index in [1.165, 1.54) is 0 Å². The zero-order chi connectivity index (χ0) is 15.7. The number of ether oxygens (including phenoxy) is 1. The molecule has 1 fully saturated rings. The van der Waals surface area contributed by atoms with E-state index in [0.717, 1.165) is 0 Å². The molecule has 1 aliphatic rings. The molecule has 1 saturated carbocycles. The van der Waals surface area contributed by atoms with Gasteiger partial charge in [0, 0.05) is 23.8 Å². The van der Waals surface area contributed by atoms with Gasteiger partial charge in [-0.25, -0.2) is 13.1 Å². The first-order valence-corrected chi connectivity index (χ1v) is 8.86. The van der Waals surface area contributed by atoms with Gasteiger partial charge in [0.05, 0.1) is 11.9 Å².